The van der Waals surface area contributed by atoms with Crippen LogP contribution >= 0.6 is 0 Å². The molecule has 0 aliphatic carbocycles. The van der Waals surface area contributed by atoms with E-state index in [1.807, 2.05) is 6.07 Å². The van der Waals surface area contributed by atoms with Gasteiger partial charge in [0.1, 0.15) is 23.8 Å². The Bertz CT molecular complexity index is 510. The molecule has 0 radical (unpaired) electrons. The SMILES string of the molecule is N#Cc1cc(C#N)c(NCC(N)=O)nc1N. The first-order valence-corrected chi connectivity index (χ1v) is 4.21. The number of hydrogen-bond acceptors (Lipinski definition) is 6. The fourth-order valence-electron chi connectivity index (χ4n) is 1.01. The van der Waals surface area contributed by atoms with E-state index in [9.17, 15) is 4.79 Å². The second-order valence-electron chi connectivity index (χ2n) is 2.86. The summed E-state index contributed by atoms with van der Waals surface area (Å²) in [4.78, 5) is 14.3. The molecule has 0 aromatic carbocycles. The molecule has 16 heavy (non-hydrogen) atoms. The van der Waals surface area contributed by atoms with Crippen LogP contribution in [0.2, 0.25) is 0 Å². The van der Waals surface area contributed by atoms with Gasteiger partial charge < -0.3 is 16.8 Å². The van der Waals surface area contributed by atoms with Crippen molar-refractivity contribution in [2.45, 2.75) is 0 Å². The zero-order chi connectivity index (χ0) is 12.1. The van der Waals surface area contributed by atoms with Gasteiger partial charge in [0.15, 0.2) is 0 Å². The maximum Gasteiger partial charge on any atom is 0.236 e. The summed E-state index contributed by atoms with van der Waals surface area (Å²) in [6, 6.07) is 4.94. The molecule has 1 heterocycles. The Balaban J connectivity index is 3.11. The lowest BCUT2D eigenvalue weighted by Gasteiger charge is -2.06. The molecule has 1 aromatic heterocycles. The number of nitrogens with two attached hydrogens (primary N) is 2. The average Bonchev–Trinajstić information content (AvgIpc) is 2.26. The zero-order valence-corrected chi connectivity index (χ0v) is 8.19. The van der Waals surface area contributed by atoms with E-state index in [0.717, 1.165) is 0 Å². The maximum absolute atomic E-state index is 10.5. The summed E-state index contributed by atoms with van der Waals surface area (Å²) in [5, 5.41) is 20.0. The van der Waals surface area contributed by atoms with E-state index in [4.69, 9.17) is 22.0 Å². The number of carbonyl (C=O) groups excluding carboxylic acids is 1. The number of aromatic nitrogens is 1. The van der Waals surface area contributed by atoms with Gasteiger partial charge in [0, 0.05) is 0 Å². The van der Waals surface area contributed by atoms with E-state index in [-0.39, 0.29) is 29.3 Å². The molecule has 7 heteroatoms. The number of nitriles is 2. The van der Waals surface area contributed by atoms with Gasteiger partial charge in [-0.1, -0.05) is 0 Å². The van der Waals surface area contributed by atoms with E-state index in [2.05, 4.69) is 10.3 Å². The van der Waals surface area contributed by atoms with Crippen molar-refractivity contribution < 1.29 is 4.79 Å². The van der Waals surface area contributed by atoms with Gasteiger partial charge in [-0.25, -0.2) is 4.98 Å². The Labute approximate surface area is 91.3 Å². The predicted octanol–water partition coefficient (Wildman–Crippen LogP) is -0.696. The topological polar surface area (TPSA) is 142 Å². The van der Waals surface area contributed by atoms with Gasteiger partial charge in [-0.05, 0) is 6.07 Å². The minimum Gasteiger partial charge on any atom is -0.383 e. The van der Waals surface area contributed by atoms with Gasteiger partial charge in [0.05, 0.1) is 17.7 Å². The molecule has 0 aliphatic heterocycles. The third-order valence-corrected chi connectivity index (χ3v) is 1.72. The van der Waals surface area contributed by atoms with Crippen LogP contribution in [0.3, 0.4) is 0 Å². The van der Waals surface area contributed by atoms with Crippen LogP contribution in [0.1, 0.15) is 11.1 Å². The third-order valence-electron chi connectivity index (χ3n) is 1.72. The number of carbonyl (C=O) groups is 1. The standard InChI is InChI=1S/C9H8N6O/c10-2-5-1-6(3-11)9(15-8(5)13)14-4-7(12)16/h1H,4H2,(H2,12,16)(H3,13,14,15). The maximum atomic E-state index is 10.5. The van der Waals surface area contributed by atoms with Gasteiger partial charge in [-0.3, -0.25) is 4.79 Å². The van der Waals surface area contributed by atoms with Crippen LogP contribution < -0.4 is 16.8 Å². The van der Waals surface area contributed by atoms with Crippen molar-refractivity contribution in [1.29, 1.82) is 10.5 Å². The molecule has 1 aromatic rings. The van der Waals surface area contributed by atoms with Crippen molar-refractivity contribution in [2.75, 3.05) is 17.6 Å². The van der Waals surface area contributed by atoms with Crippen molar-refractivity contribution >= 4 is 17.5 Å². The van der Waals surface area contributed by atoms with Crippen molar-refractivity contribution in [3.8, 4) is 12.1 Å². The Hall–Kier alpha value is -2.80. The number of hydrogen-bond donors (Lipinski definition) is 3. The van der Waals surface area contributed by atoms with Crippen molar-refractivity contribution in [3.63, 3.8) is 0 Å². The van der Waals surface area contributed by atoms with Crippen LogP contribution in [0.15, 0.2) is 6.07 Å². The number of nitrogens with zero attached hydrogens (tertiary/aromatic N) is 3. The van der Waals surface area contributed by atoms with Crippen molar-refractivity contribution in [1.82, 2.24) is 4.98 Å². The van der Waals surface area contributed by atoms with Crippen LogP contribution in [0.4, 0.5) is 11.6 Å². The third kappa shape index (κ3) is 2.36. The number of rotatable bonds is 3. The molecule has 0 saturated heterocycles. The number of amides is 1. The van der Waals surface area contributed by atoms with Crippen LogP contribution in [0.5, 0.6) is 0 Å². The molecule has 1 amide bonds. The summed E-state index contributed by atoms with van der Waals surface area (Å²) < 4.78 is 0. The molecule has 5 N–H and O–H groups in total. The average molecular weight is 216 g/mol. The number of pyridine rings is 1. The van der Waals surface area contributed by atoms with Crippen molar-refractivity contribution in [2.24, 2.45) is 5.73 Å². The van der Waals surface area contributed by atoms with Gasteiger partial charge in [0.2, 0.25) is 5.91 Å². The summed E-state index contributed by atoms with van der Waals surface area (Å²) >= 11 is 0. The largest absolute Gasteiger partial charge is 0.383 e. The normalized spacial score (nSPS) is 8.88. The van der Waals surface area contributed by atoms with E-state index in [1.165, 1.54) is 6.07 Å². The Morgan fingerprint density at radius 2 is 2.06 bits per heavy atom. The van der Waals surface area contributed by atoms with Gasteiger partial charge in [-0.15, -0.1) is 0 Å². The molecular formula is C9H8N6O. The fraction of sp³-hybridized carbons (Fsp3) is 0.111. The molecule has 0 aliphatic rings. The van der Waals surface area contributed by atoms with Gasteiger partial charge in [0.25, 0.3) is 0 Å². The fourth-order valence-corrected chi connectivity index (χ4v) is 1.01. The predicted molar refractivity (Wildman–Crippen MR) is 55.8 cm³/mol. The van der Waals surface area contributed by atoms with E-state index in [0.29, 0.717) is 0 Å². The smallest absolute Gasteiger partial charge is 0.236 e. The number of primary amides is 1. The Kier molecular flexibility index (Phi) is 3.26. The lowest BCUT2D eigenvalue weighted by Crippen LogP contribution is -2.22. The summed E-state index contributed by atoms with van der Waals surface area (Å²) in [6.45, 7) is -0.160. The lowest BCUT2D eigenvalue weighted by atomic mass is 10.2. The molecular weight excluding hydrogens is 208 g/mol. The molecule has 0 saturated carbocycles. The first kappa shape index (κ1) is 11.3. The molecule has 0 fully saturated rings. The second kappa shape index (κ2) is 4.62. The number of nitrogen functional groups attached to an aromatic ring is 1. The molecule has 1 rings (SSSR count). The molecule has 0 atom stereocenters. The van der Waals surface area contributed by atoms with Crippen LogP contribution in [0, 0.1) is 22.7 Å². The zero-order valence-electron chi connectivity index (χ0n) is 8.19. The molecule has 0 unspecified atom stereocenters. The molecule has 0 spiro atoms. The second-order valence-corrected chi connectivity index (χ2v) is 2.86. The molecule has 80 valence electrons. The van der Waals surface area contributed by atoms with Crippen LogP contribution in [0.25, 0.3) is 0 Å². The summed E-state index contributed by atoms with van der Waals surface area (Å²) in [6.07, 6.45) is 0. The summed E-state index contributed by atoms with van der Waals surface area (Å²) in [5.74, 6) is -0.458. The number of nitrogens with one attached hydrogen (secondary N) is 1. The molecule has 7 nitrogen and oxygen atoms in total. The molecule has 0 bridgehead atoms. The quantitative estimate of drug-likeness (QED) is 0.610. The minimum atomic E-state index is -0.589. The highest BCUT2D eigenvalue weighted by atomic mass is 16.1. The highest BCUT2D eigenvalue weighted by Gasteiger charge is 2.09. The minimum absolute atomic E-state index is 0.00605. The van der Waals surface area contributed by atoms with E-state index >= 15 is 0 Å². The Morgan fingerprint density at radius 1 is 1.44 bits per heavy atom. The number of anilines is 2. The first-order valence-electron chi connectivity index (χ1n) is 4.21. The van der Waals surface area contributed by atoms with Crippen LogP contribution in [-0.4, -0.2) is 17.4 Å². The monoisotopic (exact) mass is 216 g/mol. The first-order chi connectivity index (χ1) is 7.58. The summed E-state index contributed by atoms with van der Waals surface area (Å²) in [7, 11) is 0. The van der Waals surface area contributed by atoms with Crippen LogP contribution in [-0.2, 0) is 4.79 Å². The van der Waals surface area contributed by atoms with E-state index in [1.54, 1.807) is 6.07 Å². The van der Waals surface area contributed by atoms with Gasteiger partial charge in [-0.2, -0.15) is 10.5 Å². The Morgan fingerprint density at radius 3 is 2.56 bits per heavy atom. The lowest BCUT2D eigenvalue weighted by molar-refractivity contribution is -0.116. The van der Waals surface area contributed by atoms with Gasteiger partial charge >= 0.3 is 0 Å². The summed E-state index contributed by atoms with van der Waals surface area (Å²) in [5.41, 5.74) is 10.6. The van der Waals surface area contributed by atoms with Crippen molar-refractivity contribution in [3.05, 3.63) is 17.2 Å². The highest BCUT2D eigenvalue weighted by molar-refractivity contribution is 5.79. The highest BCUT2D eigenvalue weighted by Crippen LogP contribution is 2.17. The van der Waals surface area contributed by atoms with E-state index < -0.39 is 5.91 Å².